The average Bonchev–Trinajstić information content (AvgIpc) is 3.37. The van der Waals surface area contributed by atoms with Crippen LogP contribution < -0.4 is 0 Å². The molecule has 0 fully saturated rings. The lowest BCUT2D eigenvalue weighted by atomic mass is 10.0. The SMILES string of the molecule is CC1=NN(C(=Nc2nnc(C)s2)N2CCc3ccccc3C2)[C@@H](c2ccc(C)cc2)S1. The van der Waals surface area contributed by atoms with Gasteiger partial charge >= 0.3 is 0 Å². The van der Waals surface area contributed by atoms with E-state index in [9.17, 15) is 0 Å². The summed E-state index contributed by atoms with van der Waals surface area (Å²) >= 11 is 3.27. The van der Waals surface area contributed by atoms with E-state index < -0.39 is 0 Å². The molecule has 0 bridgehead atoms. The van der Waals surface area contributed by atoms with Gasteiger partial charge in [0.05, 0.1) is 5.04 Å². The lowest BCUT2D eigenvalue weighted by Gasteiger charge is -2.35. The van der Waals surface area contributed by atoms with E-state index in [1.54, 1.807) is 11.8 Å². The topological polar surface area (TPSA) is 57.0 Å². The molecule has 8 heteroatoms. The summed E-state index contributed by atoms with van der Waals surface area (Å²) in [5.41, 5.74) is 5.22. The molecule has 3 heterocycles. The molecule has 0 amide bonds. The Morgan fingerprint density at radius 1 is 1.00 bits per heavy atom. The zero-order valence-electron chi connectivity index (χ0n) is 17.8. The van der Waals surface area contributed by atoms with Crippen molar-refractivity contribution in [2.45, 2.75) is 39.1 Å². The highest BCUT2D eigenvalue weighted by molar-refractivity contribution is 8.14. The van der Waals surface area contributed by atoms with Crippen LogP contribution in [0.15, 0.2) is 58.6 Å². The molecule has 0 saturated heterocycles. The highest BCUT2D eigenvalue weighted by Crippen LogP contribution is 2.41. The Hall–Kier alpha value is -2.71. The average molecular weight is 449 g/mol. The fourth-order valence-corrected chi connectivity index (χ4v) is 5.43. The van der Waals surface area contributed by atoms with E-state index in [-0.39, 0.29) is 5.37 Å². The van der Waals surface area contributed by atoms with Gasteiger partial charge in [-0.05, 0) is 43.9 Å². The van der Waals surface area contributed by atoms with Gasteiger partial charge in [0.25, 0.3) is 0 Å². The van der Waals surface area contributed by atoms with Gasteiger partial charge in [0.15, 0.2) is 0 Å². The van der Waals surface area contributed by atoms with E-state index in [0.717, 1.165) is 35.5 Å². The number of hydrazone groups is 1. The van der Waals surface area contributed by atoms with Crippen molar-refractivity contribution in [2.24, 2.45) is 10.1 Å². The fraction of sp³-hybridized carbons (Fsp3) is 0.304. The normalized spacial score (nSPS) is 18.9. The van der Waals surface area contributed by atoms with Gasteiger partial charge in [-0.1, -0.05) is 77.2 Å². The number of benzene rings is 2. The molecule has 31 heavy (non-hydrogen) atoms. The molecule has 0 N–H and O–H groups in total. The summed E-state index contributed by atoms with van der Waals surface area (Å²) in [6, 6.07) is 17.3. The number of rotatable bonds is 2. The molecule has 2 aliphatic heterocycles. The second kappa shape index (κ2) is 8.43. The Morgan fingerprint density at radius 3 is 2.52 bits per heavy atom. The van der Waals surface area contributed by atoms with Crippen molar-refractivity contribution in [1.29, 1.82) is 0 Å². The van der Waals surface area contributed by atoms with Crippen molar-refractivity contribution in [1.82, 2.24) is 20.1 Å². The molecular formula is C23H24N6S2. The summed E-state index contributed by atoms with van der Waals surface area (Å²) in [5, 5.41) is 18.0. The maximum absolute atomic E-state index is 4.98. The number of aromatic nitrogens is 2. The first-order chi connectivity index (χ1) is 15.1. The lowest BCUT2D eigenvalue weighted by Crippen LogP contribution is -2.44. The van der Waals surface area contributed by atoms with Gasteiger partial charge in [-0.25, -0.2) is 5.01 Å². The Bertz CT molecular complexity index is 1150. The van der Waals surface area contributed by atoms with Crippen LogP contribution in [0.25, 0.3) is 0 Å². The first-order valence-corrected chi connectivity index (χ1v) is 12.0. The number of hydrogen-bond acceptors (Lipinski definition) is 6. The maximum atomic E-state index is 4.98. The summed E-state index contributed by atoms with van der Waals surface area (Å²) in [5.74, 6) is 0.834. The molecule has 158 valence electrons. The quantitative estimate of drug-likeness (QED) is 0.394. The zero-order valence-corrected chi connectivity index (χ0v) is 19.5. The van der Waals surface area contributed by atoms with Crippen LogP contribution in [0, 0.1) is 13.8 Å². The molecule has 0 spiro atoms. The summed E-state index contributed by atoms with van der Waals surface area (Å²) in [6.45, 7) is 7.83. The Balaban J connectivity index is 1.55. The number of hydrogen-bond donors (Lipinski definition) is 0. The third-order valence-corrected chi connectivity index (χ3v) is 7.30. The van der Waals surface area contributed by atoms with Gasteiger partial charge in [0.1, 0.15) is 10.4 Å². The minimum atomic E-state index is 0.0468. The van der Waals surface area contributed by atoms with Crippen LogP contribution >= 0.6 is 23.1 Å². The van der Waals surface area contributed by atoms with Crippen LogP contribution in [0.4, 0.5) is 5.13 Å². The van der Waals surface area contributed by atoms with Crippen molar-refractivity contribution in [3.8, 4) is 0 Å². The minimum absolute atomic E-state index is 0.0468. The van der Waals surface area contributed by atoms with E-state index >= 15 is 0 Å². The van der Waals surface area contributed by atoms with Crippen LogP contribution in [0.3, 0.4) is 0 Å². The molecule has 0 unspecified atom stereocenters. The summed E-state index contributed by atoms with van der Waals surface area (Å²) < 4.78 is 0. The van der Waals surface area contributed by atoms with E-state index in [1.165, 1.54) is 33.6 Å². The first kappa shape index (κ1) is 20.2. The second-order valence-corrected chi connectivity index (χ2v) is 10.2. The molecule has 0 saturated carbocycles. The summed E-state index contributed by atoms with van der Waals surface area (Å²) in [7, 11) is 0. The third-order valence-electron chi connectivity index (χ3n) is 5.44. The fourth-order valence-electron chi connectivity index (χ4n) is 3.88. The molecule has 0 radical (unpaired) electrons. The highest BCUT2D eigenvalue weighted by atomic mass is 32.2. The van der Waals surface area contributed by atoms with Crippen LogP contribution in [0.5, 0.6) is 0 Å². The molecule has 2 aromatic carbocycles. The third kappa shape index (κ3) is 4.22. The largest absolute Gasteiger partial charge is 0.336 e. The monoisotopic (exact) mass is 448 g/mol. The highest BCUT2D eigenvalue weighted by Gasteiger charge is 2.34. The van der Waals surface area contributed by atoms with Crippen LogP contribution in [0.2, 0.25) is 0 Å². The zero-order chi connectivity index (χ0) is 21.4. The van der Waals surface area contributed by atoms with Gasteiger partial charge in [0.2, 0.25) is 11.1 Å². The number of aryl methyl sites for hydroxylation is 2. The van der Waals surface area contributed by atoms with E-state index in [4.69, 9.17) is 10.1 Å². The molecule has 3 aromatic rings. The molecule has 6 nitrogen and oxygen atoms in total. The predicted molar refractivity (Wildman–Crippen MR) is 129 cm³/mol. The second-order valence-electron chi connectivity index (χ2n) is 7.80. The molecule has 0 aliphatic carbocycles. The minimum Gasteiger partial charge on any atom is -0.336 e. The number of guanidine groups is 1. The van der Waals surface area contributed by atoms with Crippen molar-refractivity contribution < 1.29 is 0 Å². The van der Waals surface area contributed by atoms with Crippen molar-refractivity contribution in [3.63, 3.8) is 0 Å². The number of nitrogens with zero attached hydrogens (tertiary/aromatic N) is 6. The molecule has 1 atom stereocenters. The molecule has 2 aliphatic rings. The van der Waals surface area contributed by atoms with Crippen molar-refractivity contribution in [3.05, 3.63) is 75.8 Å². The molecular weight excluding hydrogens is 424 g/mol. The summed E-state index contributed by atoms with van der Waals surface area (Å²) in [6.07, 6.45) is 0.989. The number of fused-ring (bicyclic) bond motifs is 1. The summed E-state index contributed by atoms with van der Waals surface area (Å²) in [4.78, 5) is 7.30. The van der Waals surface area contributed by atoms with Gasteiger partial charge in [-0.15, -0.1) is 10.2 Å². The predicted octanol–water partition coefficient (Wildman–Crippen LogP) is 5.28. The molecule has 1 aromatic heterocycles. The van der Waals surface area contributed by atoms with Crippen molar-refractivity contribution >= 4 is 39.2 Å². The van der Waals surface area contributed by atoms with Crippen LogP contribution in [-0.4, -0.2) is 37.7 Å². The number of aliphatic imine (C=N–C) groups is 1. The Morgan fingerprint density at radius 2 is 1.77 bits per heavy atom. The van der Waals surface area contributed by atoms with Gasteiger partial charge in [-0.2, -0.15) is 10.1 Å². The van der Waals surface area contributed by atoms with Gasteiger partial charge in [-0.3, -0.25) is 0 Å². The number of thioether (sulfide) groups is 1. The van der Waals surface area contributed by atoms with E-state index in [1.807, 2.05) is 6.92 Å². The van der Waals surface area contributed by atoms with E-state index in [2.05, 4.69) is 82.5 Å². The van der Waals surface area contributed by atoms with E-state index in [0.29, 0.717) is 5.13 Å². The smallest absolute Gasteiger partial charge is 0.234 e. The van der Waals surface area contributed by atoms with Crippen LogP contribution in [-0.2, 0) is 13.0 Å². The van der Waals surface area contributed by atoms with Gasteiger partial charge < -0.3 is 4.90 Å². The Labute approximate surface area is 190 Å². The lowest BCUT2D eigenvalue weighted by molar-refractivity contribution is 0.305. The standard InChI is InChI=1S/C23H24N6S2/c1-15-8-10-19(11-9-15)21-29(27-17(3)30-21)23(24-22-26-25-16(2)31-22)28-13-12-18-6-4-5-7-20(18)14-28/h4-11,21H,12-14H2,1-3H3/t21-/m1/s1. The molecule has 5 rings (SSSR count). The first-order valence-electron chi connectivity index (χ1n) is 10.3. The van der Waals surface area contributed by atoms with Crippen molar-refractivity contribution in [2.75, 3.05) is 6.54 Å². The Kier molecular flexibility index (Phi) is 5.50. The maximum Gasteiger partial charge on any atom is 0.234 e. The van der Waals surface area contributed by atoms with Crippen LogP contribution in [0.1, 0.15) is 39.6 Å². The van der Waals surface area contributed by atoms with Gasteiger partial charge in [0, 0.05) is 13.1 Å².